The summed E-state index contributed by atoms with van der Waals surface area (Å²) < 4.78 is 0. The topological polar surface area (TPSA) is 58.2 Å². The minimum absolute atomic E-state index is 0.212. The molecule has 3 aromatic rings. The second-order valence-electron chi connectivity index (χ2n) is 6.46. The van der Waals surface area contributed by atoms with Gasteiger partial charge in [0.1, 0.15) is 7.85 Å². The van der Waals surface area contributed by atoms with E-state index < -0.39 is 0 Å². The highest BCUT2D eigenvalue weighted by Crippen LogP contribution is 2.23. The van der Waals surface area contributed by atoms with Crippen LogP contribution in [-0.4, -0.2) is 19.7 Å². The zero-order valence-electron chi connectivity index (χ0n) is 15.4. The molecular formula is C22H21BN2O2. The van der Waals surface area contributed by atoms with Crippen LogP contribution >= 0.6 is 0 Å². The van der Waals surface area contributed by atoms with E-state index in [0.717, 1.165) is 16.6 Å². The second-order valence-corrected chi connectivity index (χ2v) is 6.46. The molecule has 0 atom stereocenters. The van der Waals surface area contributed by atoms with Crippen LogP contribution in [0.15, 0.2) is 78.9 Å². The maximum Gasteiger partial charge on any atom is 0.254 e. The van der Waals surface area contributed by atoms with Gasteiger partial charge in [0.15, 0.2) is 0 Å². The Labute approximate surface area is 160 Å². The highest BCUT2D eigenvalue weighted by molar-refractivity contribution is 6.33. The molecule has 2 N–H and O–H groups in total. The summed E-state index contributed by atoms with van der Waals surface area (Å²) in [5.74, 6) is -0.448. The Morgan fingerprint density at radius 2 is 1.41 bits per heavy atom. The number of hydrogen-bond acceptors (Lipinski definition) is 2. The van der Waals surface area contributed by atoms with E-state index in [2.05, 4.69) is 10.6 Å². The van der Waals surface area contributed by atoms with Gasteiger partial charge in [-0.05, 0) is 17.2 Å². The fourth-order valence-corrected chi connectivity index (χ4v) is 3.00. The Kier molecular flexibility index (Phi) is 5.72. The van der Waals surface area contributed by atoms with Crippen molar-refractivity contribution in [2.24, 2.45) is 0 Å². The van der Waals surface area contributed by atoms with Crippen molar-refractivity contribution < 1.29 is 9.59 Å². The lowest BCUT2D eigenvalue weighted by Gasteiger charge is -2.21. The first kappa shape index (κ1) is 18.5. The summed E-state index contributed by atoms with van der Waals surface area (Å²) in [6.07, 6.45) is 0. The van der Waals surface area contributed by atoms with E-state index in [1.807, 2.05) is 74.6 Å². The predicted octanol–water partition coefficient (Wildman–Crippen LogP) is 2.42. The summed E-state index contributed by atoms with van der Waals surface area (Å²) in [5, 5.41) is 5.85. The first-order valence-corrected chi connectivity index (χ1v) is 8.83. The standard InChI is InChI=1S/C22H21BN2O2/c1-15(26)24-20-13-12-18(23)14-19(20)22(27)25-21(16-8-4-2-5-9-16)17-10-6-3-7-11-17/h2-14,21H,23H2,1H3,(H,24,26)(H,25,27). The molecule has 134 valence electrons. The van der Waals surface area contributed by atoms with E-state index >= 15 is 0 Å². The number of hydrogen-bond donors (Lipinski definition) is 2. The largest absolute Gasteiger partial charge is 0.341 e. The van der Waals surface area contributed by atoms with Crippen LogP contribution in [0, 0.1) is 0 Å². The number of carbonyl (C=O) groups excluding carboxylic acids is 2. The molecule has 0 spiro atoms. The minimum atomic E-state index is -0.286. The Balaban J connectivity index is 1.96. The van der Waals surface area contributed by atoms with E-state index in [0.29, 0.717) is 11.3 Å². The van der Waals surface area contributed by atoms with Crippen LogP contribution in [0.3, 0.4) is 0 Å². The van der Waals surface area contributed by atoms with Gasteiger partial charge in [-0.25, -0.2) is 0 Å². The van der Waals surface area contributed by atoms with Gasteiger partial charge in [-0.3, -0.25) is 9.59 Å². The third kappa shape index (κ3) is 4.64. The Morgan fingerprint density at radius 3 is 1.93 bits per heavy atom. The maximum atomic E-state index is 13.1. The summed E-state index contributed by atoms with van der Waals surface area (Å²) in [5.41, 5.74) is 3.88. The Hall–Kier alpha value is -3.34. The predicted molar refractivity (Wildman–Crippen MR) is 111 cm³/mol. The molecule has 2 amide bonds. The minimum Gasteiger partial charge on any atom is -0.341 e. The van der Waals surface area contributed by atoms with Crippen LogP contribution in [0.2, 0.25) is 0 Å². The molecule has 0 saturated carbocycles. The SMILES string of the molecule is Bc1ccc(NC(C)=O)c(C(=O)NC(c2ccccc2)c2ccccc2)c1. The van der Waals surface area contributed by atoms with Crippen LogP contribution in [-0.2, 0) is 4.79 Å². The summed E-state index contributed by atoms with van der Waals surface area (Å²) in [4.78, 5) is 24.6. The van der Waals surface area contributed by atoms with Crippen molar-refractivity contribution in [1.29, 1.82) is 0 Å². The molecular weight excluding hydrogens is 335 g/mol. The van der Waals surface area contributed by atoms with Gasteiger partial charge in [-0.2, -0.15) is 0 Å². The average molecular weight is 356 g/mol. The van der Waals surface area contributed by atoms with Crippen molar-refractivity contribution in [3.05, 3.63) is 95.6 Å². The van der Waals surface area contributed by atoms with Gasteiger partial charge >= 0.3 is 0 Å². The average Bonchev–Trinajstić information content (AvgIpc) is 2.68. The molecule has 0 saturated heterocycles. The Morgan fingerprint density at radius 1 is 0.852 bits per heavy atom. The number of amides is 2. The lowest BCUT2D eigenvalue weighted by atomic mass is 9.92. The van der Waals surface area contributed by atoms with Gasteiger partial charge < -0.3 is 10.6 Å². The van der Waals surface area contributed by atoms with Crippen LogP contribution in [0.25, 0.3) is 0 Å². The highest BCUT2D eigenvalue weighted by atomic mass is 16.2. The summed E-state index contributed by atoms with van der Waals surface area (Å²) in [6, 6.07) is 24.8. The first-order chi connectivity index (χ1) is 13.0. The normalized spacial score (nSPS) is 10.4. The van der Waals surface area contributed by atoms with E-state index in [1.54, 1.807) is 12.1 Å². The summed E-state index contributed by atoms with van der Waals surface area (Å²) in [6.45, 7) is 1.43. The van der Waals surface area contributed by atoms with Gasteiger partial charge in [-0.15, -0.1) is 0 Å². The van der Waals surface area contributed by atoms with Crippen LogP contribution in [0.5, 0.6) is 0 Å². The molecule has 4 nitrogen and oxygen atoms in total. The van der Waals surface area contributed by atoms with Gasteiger partial charge in [-0.1, -0.05) is 78.3 Å². The monoisotopic (exact) mass is 356 g/mol. The van der Waals surface area contributed by atoms with E-state index in [4.69, 9.17) is 0 Å². The number of anilines is 1. The van der Waals surface area contributed by atoms with Gasteiger partial charge in [0.2, 0.25) is 5.91 Å². The molecule has 0 unspecified atom stereocenters. The van der Waals surface area contributed by atoms with Crippen molar-refractivity contribution in [3.63, 3.8) is 0 Å². The number of rotatable bonds is 5. The third-order valence-electron chi connectivity index (χ3n) is 4.27. The molecule has 0 fully saturated rings. The van der Waals surface area contributed by atoms with Crippen molar-refractivity contribution >= 4 is 30.8 Å². The molecule has 0 aliphatic carbocycles. The summed E-state index contributed by atoms with van der Waals surface area (Å²) in [7, 11) is 1.92. The molecule has 0 aliphatic rings. The van der Waals surface area contributed by atoms with Crippen molar-refractivity contribution in [2.75, 3.05) is 5.32 Å². The van der Waals surface area contributed by atoms with Crippen LogP contribution in [0.1, 0.15) is 34.5 Å². The fraction of sp³-hybridized carbons (Fsp3) is 0.0909. The molecule has 0 aromatic heterocycles. The van der Waals surface area contributed by atoms with Gasteiger partial charge in [0.05, 0.1) is 17.3 Å². The molecule has 3 rings (SSSR count). The lowest BCUT2D eigenvalue weighted by molar-refractivity contribution is -0.114. The zero-order valence-corrected chi connectivity index (χ0v) is 15.4. The van der Waals surface area contributed by atoms with Crippen molar-refractivity contribution in [2.45, 2.75) is 13.0 Å². The molecule has 3 aromatic carbocycles. The van der Waals surface area contributed by atoms with Gasteiger partial charge in [0.25, 0.3) is 5.91 Å². The Bertz CT molecular complexity index is 904. The van der Waals surface area contributed by atoms with Crippen molar-refractivity contribution in [1.82, 2.24) is 5.32 Å². The van der Waals surface area contributed by atoms with Crippen LogP contribution in [0.4, 0.5) is 5.69 Å². The molecule has 0 bridgehead atoms. The molecule has 0 aliphatic heterocycles. The summed E-state index contributed by atoms with van der Waals surface area (Å²) >= 11 is 0. The lowest BCUT2D eigenvalue weighted by Crippen LogP contribution is -2.31. The van der Waals surface area contributed by atoms with Crippen molar-refractivity contribution in [3.8, 4) is 0 Å². The van der Waals surface area contributed by atoms with E-state index in [9.17, 15) is 9.59 Å². The second kappa shape index (κ2) is 8.36. The number of benzene rings is 3. The fourth-order valence-electron chi connectivity index (χ4n) is 3.00. The smallest absolute Gasteiger partial charge is 0.254 e. The van der Waals surface area contributed by atoms with Crippen LogP contribution < -0.4 is 16.1 Å². The molecule has 27 heavy (non-hydrogen) atoms. The molecule has 0 heterocycles. The number of carbonyl (C=O) groups is 2. The van der Waals surface area contributed by atoms with E-state index in [1.165, 1.54) is 6.92 Å². The van der Waals surface area contributed by atoms with E-state index in [-0.39, 0.29) is 17.9 Å². The first-order valence-electron chi connectivity index (χ1n) is 8.83. The third-order valence-corrected chi connectivity index (χ3v) is 4.27. The quantitative estimate of drug-likeness (QED) is 0.690. The maximum absolute atomic E-state index is 13.1. The highest BCUT2D eigenvalue weighted by Gasteiger charge is 2.20. The molecule has 0 radical (unpaired) electrons. The zero-order chi connectivity index (χ0) is 19.2. The molecule has 5 heteroatoms. The van der Waals surface area contributed by atoms with Gasteiger partial charge in [0, 0.05) is 6.92 Å². The number of nitrogens with one attached hydrogen (secondary N) is 2.